The number of ketones is 1. The van der Waals surface area contributed by atoms with E-state index in [9.17, 15) is 14.9 Å². The van der Waals surface area contributed by atoms with Gasteiger partial charge in [-0.1, -0.05) is 18.2 Å². The van der Waals surface area contributed by atoms with Crippen LogP contribution in [0.15, 0.2) is 52.5 Å². The first-order valence-corrected chi connectivity index (χ1v) is 8.10. The molecule has 126 valence electrons. The Hall–Kier alpha value is -3.07. The van der Waals surface area contributed by atoms with Crippen molar-refractivity contribution in [3.63, 3.8) is 0 Å². The van der Waals surface area contributed by atoms with Crippen LogP contribution in [0.4, 0.5) is 5.69 Å². The van der Waals surface area contributed by atoms with Crippen molar-refractivity contribution < 1.29 is 9.72 Å². The number of nitrogens with zero attached hydrogens (tertiary/aromatic N) is 5. The zero-order valence-electron chi connectivity index (χ0n) is 13.4. The van der Waals surface area contributed by atoms with E-state index in [4.69, 9.17) is 0 Å². The Labute approximate surface area is 147 Å². The third kappa shape index (κ3) is 3.41. The number of rotatable bonds is 5. The minimum atomic E-state index is -0.517. The van der Waals surface area contributed by atoms with E-state index < -0.39 is 4.92 Å². The number of hydrogen-bond acceptors (Lipinski definition) is 7. The van der Waals surface area contributed by atoms with Crippen LogP contribution in [0.5, 0.6) is 0 Å². The summed E-state index contributed by atoms with van der Waals surface area (Å²) in [6.07, 6.45) is 0. The number of nitro groups is 1. The van der Waals surface area contributed by atoms with Crippen LogP contribution in [0, 0.1) is 17.0 Å². The van der Waals surface area contributed by atoms with Gasteiger partial charge in [0.1, 0.15) is 0 Å². The lowest BCUT2D eigenvalue weighted by Gasteiger charge is -2.07. The second kappa shape index (κ2) is 6.81. The van der Waals surface area contributed by atoms with Crippen LogP contribution in [-0.2, 0) is 0 Å². The molecule has 0 aliphatic rings. The van der Waals surface area contributed by atoms with Gasteiger partial charge in [-0.3, -0.25) is 14.9 Å². The summed E-state index contributed by atoms with van der Waals surface area (Å²) in [5, 5.41) is 23.4. The van der Waals surface area contributed by atoms with Crippen molar-refractivity contribution in [2.45, 2.75) is 23.9 Å². The number of tetrazole rings is 1. The molecule has 0 bridgehead atoms. The van der Waals surface area contributed by atoms with E-state index in [-0.39, 0.29) is 17.0 Å². The monoisotopic (exact) mass is 355 g/mol. The molecule has 0 fully saturated rings. The van der Waals surface area contributed by atoms with Crippen molar-refractivity contribution in [3.8, 4) is 5.69 Å². The molecule has 3 aromatic rings. The number of Topliss-reactive ketones (excluding diaryl/α,β-unsaturated/α-hetero) is 1. The molecule has 0 spiro atoms. The number of carbonyl (C=O) groups is 1. The second-order valence-corrected chi connectivity index (χ2v) is 6.27. The largest absolute Gasteiger partial charge is 0.295 e. The summed E-state index contributed by atoms with van der Waals surface area (Å²) >= 11 is 1.07. The minimum Gasteiger partial charge on any atom is -0.295 e. The van der Waals surface area contributed by atoms with Crippen molar-refractivity contribution in [2.75, 3.05) is 0 Å². The van der Waals surface area contributed by atoms with Crippen molar-refractivity contribution in [2.24, 2.45) is 0 Å². The predicted molar refractivity (Wildman–Crippen MR) is 91.1 cm³/mol. The Morgan fingerprint density at radius 2 is 2.00 bits per heavy atom. The van der Waals surface area contributed by atoms with E-state index in [0.717, 1.165) is 23.0 Å². The number of carbonyl (C=O) groups excluding carboxylic acids is 1. The van der Waals surface area contributed by atoms with Crippen LogP contribution < -0.4 is 0 Å². The first-order valence-electron chi connectivity index (χ1n) is 7.29. The lowest BCUT2D eigenvalue weighted by atomic mass is 10.1. The van der Waals surface area contributed by atoms with Gasteiger partial charge in [-0.25, -0.2) is 0 Å². The van der Waals surface area contributed by atoms with Crippen molar-refractivity contribution in [3.05, 3.63) is 63.7 Å². The molecule has 0 aliphatic carbocycles. The molecule has 0 radical (unpaired) electrons. The lowest BCUT2D eigenvalue weighted by molar-refractivity contribution is -0.387. The van der Waals surface area contributed by atoms with Gasteiger partial charge in [0.05, 0.1) is 15.5 Å². The number of para-hydroxylation sites is 1. The van der Waals surface area contributed by atoms with E-state index in [2.05, 4.69) is 15.5 Å². The van der Waals surface area contributed by atoms with Crippen molar-refractivity contribution >= 4 is 23.2 Å². The zero-order valence-corrected chi connectivity index (χ0v) is 14.2. The zero-order chi connectivity index (χ0) is 18.0. The number of nitro benzene ring substituents is 1. The summed E-state index contributed by atoms with van der Waals surface area (Å²) in [6, 6.07) is 11.9. The van der Waals surface area contributed by atoms with Crippen molar-refractivity contribution in [1.82, 2.24) is 20.2 Å². The summed E-state index contributed by atoms with van der Waals surface area (Å²) in [7, 11) is 0. The highest BCUT2D eigenvalue weighted by atomic mass is 32.2. The fraction of sp³-hybridized carbons (Fsp3) is 0.125. The summed E-state index contributed by atoms with van der Waals surface area (Å²) < 4.78 is 1.53. The maximum atomic E-state index is 11.5. The number of aromatic nitrogens is 4. The topological polar surface area (TPSA) is 104 Å². The molecule has 3 rings (SSSR count). The molecule has 9 heteroatoms. The Bertz CT molecular complexity index is 970. The molecular weight excluding hydrogens is 342 g/mol. The molecule has 2 aromatic carbocycles. The second-order valence-electron chi connectivity index (χ2n) is 5.26. The van der Waals surface area contributed by atoms with Gasteiger partial charge in [-0.2, -0.15) is 4.68 Å². The Kier molecular flexibility index (Phi) is 4.57. The van der Waals surface area contributed by atoms with E-state index in [0.29, 0.717) is 10.1 Å². The summed E-state index contributed by atoms with van der Waals surface area (Å²) in [5.74, 6) is -0.232. The normalized spacial score (nSPS) is 10.6. The first kappa shape index (κ1) is 16.8. The van der Waals surface area contributed by atoms with E-state index in [1.807, 2.05) is 31.2 Å². The van der Waals surface area contributed by atoms with Gasteiger partial charge in [0.25, 0.3) is 5.69 Å². The Morgan fingerprint density at radius 3 is 2.68 bits per heavy atom. The molecule has 8 nitrogen and oxygen atoms in total. The maximum Gasteiger partial charge on any atom is 0.284 e. The average molecular weight is 355 g/mol. The first-order chi connectivity index (χ1) is 12.0. The molecule has 0 aliphatic heterocycles. The van der Waals surface area contributed by atoms with E-state index >= 15 is 0 Å². The van der Waals surface area contributed by atoms with Crippen LogP contribution in [0.1, 0.15) is 22.8 Å². The molecule has 1 aromatic heterocycles. The van der Waals surface area contributed by atoms with Gasteiger partial charge in [0, 0.05) is 11.6 Å². The lowest BCUT2D eigenvalue weighted by Crippen LogP contribution is -2.02. The van der Waals surface area contributed by atoms with Gasteiger partial charge in [0.2, 0.25) is 5.16 Å². The molecular formula is C16H13N5O3S. The molecule has 1 heterocycles. The Morgan fingerprint density at radius 1 is 1.24 bits per heavy atom. The third-order valence-corrected chi connectivity index (χ3v) is 4.55. The summed E-state index contributed by atoms with van der Waals surface area (Å²) in [6.45, 7) is 3.29. The fourth-order valence-electron chi connectivity index (χ4n) is 2.26. The third-order valence-electron chi connectivity index (χ3n) is 3.55. The van der Waals surface area contributed by atoms with Crippen LogP contribution >= 0.6 is 11.8 Å². The summed E-state index contributed by atoms with van der Waals surface area (Å²) in [5.41, 5.74) is 1.89. The fourth-order valence-corrected chi connectivity index (χ4v) is 3.13. The van der Waals surface area contributed by atoms with Crippen LogP contribution in [0.2, 0.25) is 0 Å². The smallest absolute Gasteiger partial charge is 0.284 e. The van der Waals surface area contributed by atoms with Gasteiger partial charge in [-0.15, -0.1) is 5.10 Å². The highest BCUT2D eigenvalue weighted by Gasteiger charge is 2.20. The van der Waals surface area contributed by atoms with Gasteiger partial charge < -0.3 is 0 Å². The average Bonchev–Trinajstić information content (AvgIpc) is 3.03. The van der Waals surface area contributed by atoms with Gasteiger partial charge in [0.15, 0.2) is 5.78 Å². The molecule has 0 amide bonds. The summed E-state index contributed by atoms with van der Waals surface area (Å²) in [4.78, 5) is 22.7. The van der Waals surface area contributed by atoms with Crippen LogP contribution in [-0.4, -0.2) is 30.9 Å². The predicted octanol–water partition coefficient (Wildman–Crippen LogP) is 3.23. The molecule has 0 atom stereocenters. The highest BCUT2D eigenvalue weighted by molar-refractivity contribution is 7.99. The molecule has 0 N–H and O–H groups in total. The number of benzene rings is 2. The van der Waals surface area contributed by atoms with Gasteiger partial charge in [-0.05, 0) is 59.8 Å². The van der Waals surface area contributed by atoms with Gasteiger partial charge >= 0.3 is 0 Å². The molecule has 25 heavy (non-hydrogen) atoms. The van der Waals surface area contributed by atoms with Crippen LogP contribution in [0.3, 0.4) is 0 Å². The Balaban J connectivity index is 2.02. The van der Waals surface area contributed by atoms with E-state index in [1.165, 1.54) is 23.7 Å². The molecule has 0 unspecified atom stereocenters. The van der Waals surface area contributed by atoms with Crippen LogP contribution in [0.25, 0.3) is 5.69 Å². The molecule has 0 saturated carbocycles. The quantitative estimate of drug-likeness (QED) is 0.393. The number of hydrogen-bond donors (Lipinski definition) is 0. The SMILES string of the molecule is CC(=O)c1ccc(Sc2nnnn2-c2ccccc2C)c([N+](=O)[O-])c1. The number of aryl methyl sites for hydroxylation is 1. The minimum absolute atomic E-state index is 0.156. The van der Waals surface area contributed by atoms with E-state index in [1.54, 1.807) is 6.07 Å². The van der Waals surface area contributed by atoms with Crippen molar-refractivity contribution in [1.29, 1.82) is 0 Å². The highest BCUT2D eigenvalue weighted by Crippen LogP contribution is 2.35. The molecule has 0 saturated heterocycles. The standard InChI is InChI=1S/C16H13N5O3S/c1-10-5-3-4-6-13(10)20-16(17-18-19-20)25-15-8-7-12(11(2)22)9-14(15)21(23)24/h3-9H,1-2H3. The maximum absolute atomic E-state index is 11.5.